The molecule has 7 atom stereocenters. The van der Waals surface area contributed by atoms with Gasteiger partial charge >= 0.3 is 0 Å². The summed E-state index contributed by atoms with van der Waals surface area (Å²) in [6.07, 6.45) is 4.74. The van der Waals surface area contributed by atoms with Crippen molar-refractivity contribution in [2.24, 2.45) is 23.2 Å². The van der Waals surface area contributed by atoms with Crippen LogP contribution in [0.15, 0.2) is 36.2 Å². The van der Waals surface area contributed by atoms with Crippen LogP contribution in [0.25, 0.3) is 21.6 Å². The molecule has 2 saturated carbocycles. The van der Waals surface area contributed by atoms with E-state index in [1.165, 1.54) is 11.3 Å². The molecule has 2 amide bonds. The Hall–Kier alpha value is -3.84. The van der Waals surface area contributed by atoms with Crippen LogP contribution in [0.1, 0.15) is 96.2 Å². The van der Waals surface area contributed by atoms with Crippen molar-refractivity contribution in [2.75, 3.05) is 7.11 Å². The van der Waals surface area contributed by atoms with E-state index in [1.54, 1.807) is 18.1 Å². The van der Waals surface area contributed by atoms with E-state index in [2.05, 4.69) is 39.0 Å². The number of nitrogens with zero attached hydrogens (tertiary/aromatic N) is 3. The van der Waals surface area contributed by atoms with Crippen LogP contribution < -0.4 is 14.2 Å². The number of aromatic nitrogens is 2. The maximum Gasteiger partial charge on any atom is 0.240 e. The molecule has 2 saturated heterocycles. The number of ketones is 1. The minimum atomic E-state index is -3.81. The summed E-state index contributed by atoms with van der Waals surface area (Å²) in [5.74, 6) is 0.140. The second-order valence-electron chi connectivity index (χ2n) is 15.8. The number of ether oxygens (including phenoxy) is 2. The van der Waals surface area contributed by atoms with Crippen LogP contribution >= 0.6 is 11.3 Å². The highest BCUT2D eigenvalue weighted by Gasteiger charge is 2.62. The molecule has 1 N–H and O–H groups in total. The fourth-order valence-corrected chi connectivity index (χ4v) is 10.7. The van der Waals surface area contributed by atoms with Gasteiger partial charge < -0.3 is 14.4 Å². The number of hydrogen-bond acceptors (Lipinski definition) is 10. The Balaban J connectivity index is 1.24. The molecule has 3 aromatic rings. The number of nitrogens with one attached hydrogen (secondary N) is 1. The Morgan fingerprint density at radius 2 is 1.91 bits per heavy atom. The van der Waals surface area contributed by atoms with Crippen LogP contribution in [0.4, 0.5) is 0 Å². The van der Waals surface area contributed by atoms with Crippen LogP contribution in [0.5, 0.6) is 11.5 Å². The van der Waals surface area contributed by atoms with Gasteiger partial charge in [0.05, 0.1) is 41.1 Å². The maximum absolute atomic E-state index is 14.5. The summed E-state index contributed by atoms with van der Waals surface area (Å²) in [5, 5.41) is 3.02. The largest absolute Gasteiger partial charge is 0.496 e. The lowest BCUT2D eigenvalue weighted by Gasteiger charge is -2.40. The number of aryl methyl sites for hydroxylation is 1. The van der Waals surface area contributed by atoms with Crippen LogP contribution in [-0.4, -0.2) is 71.4 Å². The third kappa shape index (κ3) is 6.77. The summed E-state index contributed by atoms with van der Waals surface area (Å²) >= 11 is 1.52. The van der Waals surface area contributed by atoms with Crippen molar-refractivity contribution in [1.29, 1.82) is 0 Å². The Labute approximate surface area is 316 Å². The molecule has 7 rings (SSSR count). The van der Waals surface area contributed by atoms with E-state index in [-0.39, 0.29) is 54.2 Å². The number of benzene rings is 1. The van der Waals surface area contributed by atoms with Crippen molar-refractivity contribution in [3.8, 4) is 22.2 Å². The van der Waals surface area contributed by atoms with Crippen molar-refractivity contribution < 1.29 is 32.3 Å². The third-order valence-corrected chi connectivity index (χ3v) is 14.9. The molecule has 4 aliphatic rings. The molecule has 0 radical (unpaired) electrons. The molecule has 0 spiro atoms. The number of rotatable bonds is 14. The molecule has 0 bridgehead atoms. The number of sulfonamides is 1. The number of carbonyl (C=O) groups is 3. The zero-order valence-electron chi connectivity index (χ0n) is 31.4. The minimum absolute atomic E-state index is 0.0595. The average Bonchev–Trinajstić information content (AvgIpc) is 4.02. The van der Waals surface area contributed by atoms with E-state index < -0.39 is 38.7 Å². The summed E-state index contributed by atoms with van der Waals surface area (Å²) in [7, 11) is -2.18. The summed E-state index contributed by atoms with van der Waals surface area (Å²) < 4.78 is 40.4. The lowest BCUT2D eigenvalue weighted by atomic mass is 9.81. The molecule has 284 valence electrons. The van der Waals surface area contributed by atoms with Crippen LogP contribution in [0, 0.1) is 30.1 Å². The number of thiazole rings is 1. The lowest BCUT2D eigenvalue weighted by molar-refractivity contribution is -0.149. The van der Waals surface area contributed by atoms with Crippen molar-refractivity contribution >= 4 is 49.9 Å². The van der Waals surface area contributed by atoms with E-state index in [4.69, 9.17) is 19.4 Å². The van der Waals surface area contributed by atoms with Gasteiger partial charge in [-0.2, -0.15) is 0 Å². The molecule has 4 heterocycles. The highest BCUT2D eigenvalue weighted by Crippen LogP contribution is 2.57. The molecule has 53 heavy (non-hydrogen) atoms. The third-order valence-electron chi connectivity index (χ3n) is 12.2. The number of piperidine rings is 1. The van der Waals surface area contributed by atoms with Gasteiger partial charge in [-0.15, -0.1) is 17.9 Å². The number of fused-ring (bicyclic) bond motifs is 2. The highest BCUT2D eigenvalue weighted by atomic mass is 32.2. The van der Waals surface area contributed by atoms with Gasteiger partial charge in [0.25, 0.3) is 0 Å². The summed E-state index contributed by atoms with van der Waals surface area (Å²) in [5.41, 5.74) is 2.01. The van der Waals surface area contributed by atoms with Crippen molar-refractivity contribution in [2.45, 2.75) is 115 Å². The van der Waals surface area contributed by atoms with Gasteiger partial charge in [0.1, 0.15) is 28.3 Å². The zero-order valence-corrected chi connectivity index (χ0v) is 33.0. The molecule has 13 heteroatoms. The first kappa shape index (κ1) is 37.5. The topological polar surface area (TPSA) is 145 Å². The Kier molecular flexibility index (Phi) is 9.97. The monoisotopic (exact) mass is 762 g/mol. The first-order valence-corrected chi connectivity index (χ1v) is 21.3. The van der Waals surface area contributed by atoms with Gasteiger partial charge in [-0.25, -0.2) is 18.4 Å². The predicted molar refractivity (Wildman–Crippen MR) is 204 cm³/mol. The number of carbonyl (C=O) groups excluding carboxylic acids is 3. The van der Waals surface area contributed by atoms with Crippen LogP contribution in [0.3, 0.4) is 0 Å². The smallest absolute Gasteiger partial charge is 0.240 e. The summed E-state index contributed by atoms with van der Waals surface area (Å²) in [4.78, 5) is 54.1. The van der Waals surface area contributed by atoms with Gasteiger partial charge in [-0.3, -0.25) is 19.1 Å². The molecular formula is C40H50N4O7S2. The van der Waals surface area contributed by atoms with E-state index >= 15 is 0 Å². The molecule has 11 nitrogen and oxygen atoms in total. The Morgan fingerprint density at radius 1 is 1.15 bits per heavy atom. The van der Waals surface area contributed by atoms with Crippen molar-refractivity contribution in [1.82, 2.24) is 19.6 Å². The molecule has 2 aliphatic heterocycles. The molecule has 2 aromatic heterocycles. The summed E-state index contributed by atoms with van der Waals surface area (Å²) in [6, 6.07) is 4.55. The number of methoxy groups -OCH3 is 1. The van der Waals surface area contributed by atoms with Gasteiger partial charge in [-0.05, 0) is 68.9 Å². The zero-order chi connectivity index (χ0) is 38.0. The number of pyridine rings is 1. The first-order valence-electron chi connectivity index (χ1n) is 18.9. The first-order chi connectivity index (χ1) is 25.2. The SMILES string of the molecule is C=C[C@@H]1C[C@]1(CC(=O)[C@@H]1C[C@@H](Oc2cc(-c3nc(C(C)C)cs3)nc3c(C)c(OC)ccc23)[C@H]2CCC([C@H](C)CC)C(=O)N21)C(=O)NS(=O)(=O)C1CC1. The number of hydrogen-bond donors (Lipinski definition) is 1. The predicted octanol–water partition coefficient (Wildman–Crippen LogP) is 6.73. The standard InChI is InChI=1S/C40H50N4O7S2/c1-8-22(5)26-12-14-30-35(51-34-16-28(37-42-29(20-52-37)21(3)4)41-36-23(6)33(50-7)15-13-27(34)36)17-31(44(30)38(26)46)32(45)19-40(18-24(40)9-2)39(47)43-53(48,49)25-10-11-25/h9,13,15-16,20-22,24-26,30-31,35H,2,8,10-12,14,17-19H2,1,3-7H3,(H,43,47)/t22-,24-,26?,30-,31+,35-,40-/m1/s1. The normalized spacial score (nSPS) is 27.4. The number of amides is 2. The number of allylic oxidation sites excluding steroid dienone is 1. The fourth-order valence-electron chi connectivity index (χ4n) is 8.38. The van der Waals surface area contributed by atoms with Gasteiger partial charge in [0.15, 0.2) is 5.78 Å². The molecular weight excluding hydrogens is 713 g/mol. The second kappa shape index (κ2) is 14.1. The van der Waals surface area contributed by atoms with Crippen LogP contribution in [-0.2, 0) is 24.4 Å². The van der Waals surface area contributed by atoms with Crippen molar-refractivity contribution in [3.05, 3.63) is 47.5 Å². The maximum atomic E-state index is 14.5. The minimum Gasteiger partial charge on any atom is -0.496 e. The second-order valence-corrected chi connectivity index (χ2v) is 18.7. The quantitative estimate of drug-likeness (QED) is 0.177. The van der Waals surface area contributed by atoms with Crippen molar-refractivity contribution in [3.63, 3.8) is 0 Å². The van der Waals surface area contributed by atoms with E-state index in [9.17, 15) is 22.8 Å². The Morgan fingerprint density at radius 3 is 2.53 bits per heavy atom. The van der Waals surface area contributed by atoms with Gasteiger partial charge in [0.2, 0.25) is 21.8 Å². The lowest BCUT2D eigenvalue weighted by Crippen LogP contribution is -2.54. The summed E-state index contributed by atoms with van der Waals surface area (Å²) in [6.45, 7) is 14.2. The molecule has 2 aliphatic carbocycles. The van der Waals surface area contributed by atoms with Gasteiger partial charge in [-0.1, -0.05) is 40.2 Å². The fraction of sp³-hybridized carbons (Fsp3) is 0.575. The van der Waals surface area contributed by atoms with Crippen LogP contribution in [0.2, 0.25) is 0 Å². The van der Waals surface area contributed by atoms with E-state index in [0.29, 0.717) is 49.3 Å². The Bertz CT molecular complexity index is 2080. The molecule has 1 unspecified atom stereocenters. The molecule has 1 aromatic carbocycles. The highest BCUT2D eigenvalue weighted by molar-refractivity contribution is 7.90. The van der Waals surface area contributed by atoms with E-state index in [0.717, 1.165) is 33.6 Å². The average molecular weight is 763 g/mol. The molecule has 4 fully saturated rings. The number of Topliss-reactive ketones (excluding diaryl/α,β-unsaturated/α-hetero) is 1. The van der Waals surface area contributed by atoms with Gasteiger partial charge in [0, 0.05) is 41.2 Å². The van der Waals surface area contributed by atoms with E-state index in [1.807, 2.05) is 30.5 Å².